The molecule has 1 fully saturated rings. The van der Waals surface area contributed by atoms with Crippen molar-refractivity contribution in [2.75, 3.05) is 27.3 Å². The Morgan fingerprint density at radius 1 is 1.19 bits per heavy atom. The molecule has 118 valence electrons. The quantitative estimate of drug-likeness (QED) is 0.874. The van der Waals surface area contributed by atoms with Crippen molar-refractivity contribution in [3.05, 3.63) is 23.8 Å². The minimum Gasteiger partial charge on any atom is -0.497 e. The van der Waals surface area contributed by atoms with Crippen LogP contribution in [-0.2, 0) is 6.54 Å². The highest BCUT2D eigenvalue weighted by molar-refractivity contribution is 5.40. The van der Waals surface area contributed by atoms with Crippen molar-refractivity contribution in [2.24, 2.45) is 0 Å². The van der Waals surface area contributed by atoms with Crippen LogP contribution in [-0.4, -0.2) is 44.3 Å². The molecule has 0 aromatic heterocycles. The first-order valence-electron chi connectivity index (χ1n) is 7.82. The summed E-state index contributed by atoms with van der Waals surface area (Å²) in [5.41, 5.74) is 1.16. The molecule has 1 aliphatic heterocycles. The number of methoxy groups -OCH3 is 2. The number of nitrogens with zero attached hydrogens (tertiary/aromatic N) is 1. The minimum absolute atomic E-state index is 0.593. The molecule has 1 aliphatic rings. The van der Waals surface area contributed by atoms with Crippen LogP contribution in [0.25, 0.3) is 0 Å². The lowest BCUT2D eigenvalue weighted by Crippen LogP contribution is -2.44. The smallest absolute Gasteiger partial charge is 0.123 e. The molecule has 4 nitrogen and oxygen atoms in total. The molecule has 0 amide bonds. The van der Waals surface area contributed by atoms with Crippen LogP contribution >= 0.6 is 0 Å². The first kappa shape index (κ1) is 16.1. The van der Waals surface area contributed by atoms with Gasteiger partial charge in [0.2, 0.25) is 0 Å². The molecule has 0 aliphatic carbocycles. The highest BCUT2D eigenvalue weighted by atomic mass is 16.5. The maximum atomic E-state index is 5.43. The Labute approximate surface area is 128 Å². The molecule has 0 radical (unpaired) electrons. The first-order chi connectivity index (χ1) is 10.1. The van der Waals surface area contributed by atoms with Gasteiger partial charge in [0, 0.05) is 24.2 Å². The summed E-state index contributed by atoms with van der Waals surface area (Å²) in [6.45, 7) is 7.74. The third-order valence-electron chi connectivity index (χ3n) is 4.33. The highest BCUT2D eigenvalue weighted by Gasteiger charge is 2.20. The Kier molecular flexibility index (Phi) is 5.88. The molecular formula is C17H28N2O2. The second-order valence-corrected chi connectivity index (χ2v) is 5.96. The summed E-state index contributed by atoms with van der Waals surface area (Å²) in [6, 6.07) is 7.20. The van der Waals surface area contributed by atoms with E-state index in [4.69, 9.17) is 9.47 Å². The molecule has 0 spiro atoms. The van der Waals surface area contributed by atoms with Crippen molar-refractivity contribution < 1.29 is 9.47 Å². The summed E-state index contributed by atoms with van der Waals surface area (Å²) < 4.78 is 10.7. The van der Waals surface area contributed by atoms with Crippen LogP contribution in [0.4, 0.5) is 0 Å². The number of rotatable bonds is 6. The average Bonchev–Trinajstić information content (AvgIpc) is 2.52. The van der Waals surface area contributed by atoms with Crippen LogP contribution in [0.2, 0.25) is 0 Å². The zero-order chi connectivity index (χ0) is 15.2. The minimum atomic E-state index is 0.593. The number of hydrogen-bond acceptors (Lipinski definition) is 4. The summed E-state index contributed by atoms with van der Waals surface area (Å²) >= 11 is 0. The molecule has 1 aromatic rings. The van der Waals surface area contributed by atoms with Crippen molar-refractivity contribution in [3.8, 4) is 11.5 Å². The van der Waals surface area contributed by atoms with E-state index in [-0.39, 0.29) is 0 Å². The summed E-state index contributed by atoms with van der Waals surface area (Å²) in [4.78, 5) is 2.55. The lowest BCUT2D eigenvalue weighted by atomic mass is 10.0. The van der Waals surface area contributed by atoms with Crippen molar-refractivity contribution in [2.45, 2.75) is 45.3 Å². The lowest BCUT2D eigenvalue weighted by Gasteiger charge is -2.35. The van der Waals surface area contributed by atoms with Gasteiger partial charge in [-0.3, -0.25) is 0 Å². The molecule has 1 N–H and O–H groups in total. The SMILES string of the molecule is COc1ccc(OC)c(CNC2CCN(C(C)C)CC2)c1. The van der Waals surface area contributed by atoms with Gasteiger partial charge in [-0.05, 0) is 58.0 Å². The Morgan fingerprint density at radius 2 is 1.90 bits per heavy atom. The fraction of sp³-hybridized carbons (Fsp3) is 0.647. The van der Waals surface area contributed by atoms with Crippen LogP contribution in [0.5, 0.6) is 11.5 Å². The molecule has 21 heavy (non-hydrogen) atoms. The van der Waals surface area contributed by atoms with E-state index in [1.165, 1.54) is 25.9 Å². The zero-order valence-corrected chi connectivity index (χ0v) is 13.7. The van der Waals surface area contributed by atoms with Gasteiger partial charge in [0.05, 0.1) is 14.2 Å². The molecule has 0 unspecified atom stereocenters. The normalized spacial score (nSPS) is 17.2. The lowest BCUT2D eigenvalue weighted by molar-refractivity contribution is 0.160. The molecule has 1 aromatic carbocycles. The fourth-order valence-corrected chi connectivity index (χ4v) is 2.89. The second-order valence-electron chi connectivity index (χ2n) is 5.96. The molecular weight excluding hydrogens is 264 g/mol. The number of likely N-dealkylation sites (tertiary alicyclic amines) is 1. The Morgan fingerprint density at radius 3 is 2.48 bits per heavy atom. The van der Waals surface area contributed by atoms with Gasteiger partial charge in [-0.1, -0.05) is 0 Å². The molecule has 2 rings (SSSR count). The van der Waals surface area contributed by atoms with Crippen molar-refractivity contribution in [3.63, 3.8) is 0 Å². The number of ether oxygens (including phenoxy) is 2. The van der Waals surface area contributed by atoms with Crippen LogP contribution in [0, 0.1) is 0 Å². The molecule has 0 atom stereocenters. The number of hydrogen-bond donors (Lipinski definition) is 1. The fourth-order valence-electron chi connectivity index (χ4n) is 2.89. The van der Waals surface area contributed by atoms with Gasteiger partial charge in [0.25, 0.3) is 0 Å². The predicted octanol–water partition coefficient (Wildman–Crippen LogP) is 2.67. The van der Waals surface area contributed by atoms with Crippen LogP contribution in [0.15, 0.2) is 18.2 Å². The Bertz CT molecular complexity index is 440. The van der Waals surface area contributed by atoms with Crippen molar-refractivity contribution >= 4 is 0 Å². The van der Waals surface area contributed by atoms with Gasteiger partial charge in [0.15, 0.2) is 0 Å². The summed E-state index contributed by atoms with van der Waals surface area (Å²) in [5.74, 6) is 1.80. The molecule has 1 heterocycles. The molecule has 4 heteroatoms. The van der Waals surface area contributed by atoms with Gasteiger partial charge < -0.3 is 19.7 Å². The highest BCUT2D eigenvalue weighted by Crippen LogP contribution is 2.24. The molecule has 0 saturated carbocycles. The number of piperidine rings is 1. The van der Waals surface area contributed by atoms with Gasteiger partial charge >= 0.3 is 0 Å². The van der Waals surface area contributed by atoms with E-state index in [0.29, 0.717) is 12.1 Å². The Hall–Kier alpha value is -1.26. The van der Waals surface area contributed by atoms with Crippen LogP contribution in [0.3, 0.4) is 0 Å². The van der Waals surface area contributed by atoms with Gasteiger partial charge in [-0.15, -0.1) is 0 Å². The summed E-state index contributed by atoms with van der Waals surface area (Å²) in [7, 11) is 3.41. The van der Waals surface area contributed by atoms with Gasteiger partial charge in [-0.2, -0.15) is 0 Å². The second kappa shape index (κ2) is 7.66. The number of nitrogens with one attached hydrogen (secondary N) is 1. The Balaban J connectivity index is 1.88. The van der Waals surface area contributed by atoms with E-state index < -0.39 is 0 Å². The largest absolute Gasteiger partial charge is 0.497 e. The third-order valence-corrected chi connectivity index (χ3v) is 4.33. The third kappa shape index (κ3) is 4.35. The van der Waals surface area contributed by atoms with E-state index >= 15 is 0 Å². The predicted molar refractivity (Wildman–Crippen MR) is 86.1 cm³/mol. The maximum absolute atomic E-state index is 5.43. The van der Waals surface area contributed by atoms with E-state index in [0.717, 1.165) is 23.6 Å². The van der Waals surface area contributed by atoms with Crippen LogP contribution in [0.1, 0.15) is 32.3 Å². The number of benzene rings is 1. The van der Waals surface area contributed by atoms with Crippen LogP contribution < -0.4 is 14.8 Å². The molecule has 1 saturated heterocycles. The average molecular weight is 292 g/mol. The van der Waals surface area contributed by atoms with E-state index in [2.05, 4.69) is 30.1 Å². The standard InChI is InChI=1S/C17H28N2O2/c1-13(2)19-9-7-15(8-10-19)18-12-14-11-16(20-3)5-6-17(14)21-4/h5-6,11,13,15,18H,7-10,12H2,1-4H3. The van der Waals surface area contributed by atoms with Gasteiger partial charge in [-0.25, -0.2) is 0 Å². The first-order valence-corrected chi connectivity index (χ1v) is 7.82. The van der Waals surface area contributed by atoms with Crippen molar-refractivity contribution in [1.29, 1.82) is 0 Å². The van der Waals surface area contributed by atoms with E-state index in [9.17, 15) is 0 Å². The monoisotopic (exact) mass is 292 g/mol. The van der Waals surface area contributed by atoms with Gasteiger partial charge in [0.1, 0.15) is 11.5 Å². The van der Waals surface area contributed by atoms with E-state index in [1.807, 2.05) is 12.1 Å². The van der Waals surface area contributed by atoms with Crippen molar-refractivity contribution in [1.82, 2.24) is 10.2 Å². The zero-order valence-electron chi connectivity index (χ0n) is 13.7. The molecule has 0 bridgehead atoms. The van der Waals surface area contributed by atoms with E-state index in [1.54, 1.807) is 14.2 Å². The topological polar surface area (TPSA) is 33.7 Å². The summed E-state index contributed by atoms with van der Waals surface area (Å²) in [6.07, 6.45) is 2.43. The summed E-state index contributed by atoms with van der Waals surface area (Å²) in [5, 5.41) is 3.66. The maximum Gasteiger partial charge on any atom is 0.123 e.